The van der Waals surface area contributed by atoms with Crippen LogP contribution in [0.2, 0.25) is 0 Å². The minimum absolute atomic E-state index is 0.00376. The van der Waals surface area contributed by atoms with Crippen LogP contribution >= 0.6 is 8.17 Å². The molecule has 3 aliphatic rings. The smallest absolute Gasteiger partial charge is 0.377 e. The van der Waals surface area contributed by atoms with E-state index in [1.54, 1.807) is 0 Å². The number of ketones is 1. The minimum atomic E-state index is -4.47. The topological polar surface area (TPSA) is 172 Å². The van der Waals surface area contributed by atoms with E-state index in [4.69, 9.17) is 37.8 Å². The fourth-order valence-corrected chi connectivity index (χ4v) is 12.7. The van der Waals surface area contributed by atoms with Gasteiger partial charge in [0.05, 0.1) is 32.8 Å². The average molecular weight is 1240 g/mol. The fraction of sp³-hybridized carbons (Fsp3) is 0.873. The number of allylic oxidation sites excluding steroid dienone is 2. The molecule has 2 heterocycles. The Bertz CT molecular complexity index is 1930. The van der Waals surface area contributed by atoms with Crippen LogP contribution in [0.5, 0.6) is 0 Å². The summed E-state index contributed by atoms with van der Waals surface area (Å²) in [4.78, 5) is 76.1. The van der Waals surface area contributed by atoms with Crippen molar-refractivity contribution in [3.05, 3.63) is 34.4 Å². The number of quaternary nitrogens is 1. The molecule has 0 aromatic rings. The lowest BCUT2D eigenvalue weighted by Crippen LogP contribution is -2.54. The number of epoxide rings is 1. The van der Waals surface area contributed by atoms with Crippen LogP contribution in [-0.4, -0.2) is 110 Å². The van der Waals surface area contributed by atoms with Gasteiger partial charge in [-0.15, -0.1) is 0 Å². The number of fused-ring (bicyclic) bond motifs is 1. The molecule has 14 nitrogen and oxygen atoms in total. The molecule has 2 saturated heterocycles. The second kappa shape index (κ2) is 45.2. The highest BCUT2D eigenvalue weighted by Crippen LogP contribution is 2.51. The van der Waals surface area contributed by atoms with E-state index < -0.39 is 50.3 Å². The number of phosphoric acid groups is 1. The number of rotatable bonds is 56. The summed E-state index contributed by atoms with van der Waals surface area (Å²) in [5.41, 5.74) is 2.49. The van der Waals surface area contributed by atoms with E-state index >= 15 is 0 Å². The second-order valence-corrected chi connectivity index (χ2v) is 28.6. The van der Waals surface area contributed by atoms with E-state index in [1.807, 2.05) is 41.9 Å². The first-order valence-electron chi connectivity index (χ1n) is 35.4. The Morgan fingerprint density at radius 1 is 0.663 bits per heavy atom. The molecule has 1 aliphatic carbocycles. The number of esters is 2. The molecule has 0 bridgehead atoms. The molecule has 86 heavy (non-hydrogen) atoms. The fourth-order valence-electron chi connectivity index (χ4n) is 12.0. The summed E-state index contributed by atoms with van der Waals surface area (Å²) >= 11 is 0. The molecule has 7 atom stereocenters. The van der Waals surface area contributed by atoms with Crippen LogP contribution in [0.1, 0.15) is 318 Å². The summed E-state index contributed by atoms with van der Waals surface area (Å²) in [6.07, 6.45) is 49.0. The third-order valence-electron chi connectivity index (χ3n) is 18.0. The van der Waals surface area contributed by atoms with Crippen LogP contribution in [0.3, 0.4) is 0 Å². The lowest BCUT2D eigenvalue weighted by molar-refractivity contribution is -0.870. The van der Waals surface area contributed by atoms with Gasteiger partial charge in [-0.1, -0.05) is 245 Å². The number of hydrogen-bond donors (Lipinski definition) is 1. The Labute approximate surface area is 526 Å². The summed E-state index contributed by atoms with van der Waals surface area (Å²) in [7, 11) is 1.37. The predicted octanol–water partition coefficient (Wildman–Crippen LogP) is 18.0. The zero-order valence-electron chi connectivity index (χ0n) is 56.7. The van der Waals surface area contributed by atoms with Crippen LogP contribution in [0.25, 0.3) is 0 Å². The Balaban J connectivity index is 1.53. The van der Waals surface area contributed by atoms with E-state index in [2.05, 4.69) is 39.8 Å². The minimum Gasteiger partial charge on any atom is -0.606 e. The van der Waals surface area contributed by atoms with E-state index in [9.17, 15) is 24.2 Å². The first kappa shape index (κ1) is 78.1. The van der Waals surface area contributed by atoms with Crippen molar-refractivity contribution in [3.8, 4) is 0 Å². The van der Waals surface area contributed by atoms with Gasteiger partial charge in [-0.05, 0) is 78.2 Å². The molecule has 6 unspecified atom stereocenters. The standard InChI is InChI=1S/C71H128NO13P/c1-11-14-17-19-21-23-25-27-29-31-33-35-40-45-53-70(7)54-52-64-60(5)69(75)59(4)61(6)71(64,84-70)85-83-62(50-51-66-65(82-66)47-41-16-13-3)46-42-37-36-39-44-49-68(74)81-63(58-80-86(76,77)79-56-55-72(8,9)10)57-78-67(73)48-43-38-34-32-30-28-26-24-22-20-18-15-12-2/h50-51,62-63,65-66H,11-49,52-58H2,1-10H3/p+1/b51-50+/t62?,63-,65?,66?,70?,71?/m1/s1. The van der Waals surface area contributed by atoms with Crippen molar-refractivity contribution in [1.29, 1.82) is 0 Å². The van der Waals surface area contributed by atoms with Crippen LogP contribution < -0.4 is 4.89 Å². The van der Waals surface area contributed by atoms with Gasteiger partial charge >= 0.3 is 20.1 Å². The van der Waals surface area contributed by atoms with Gasteiger partial charge < -0.3 is 28.3 Å². The highest BCUT2D eigenvalue weighted by Gasteiger charge is 2.54. The number of phosphoric ester groups is 1. The maximum atomic E-state index is 13.6. The summed E-state index contributed by atoms with van der Waals surface area (Å²) in [5.74, 6) is -2.15. The van der Waals surface area contributed by atoms with Gasteiger partial charge in [-0.3, -0.25) is 14.4 Å². The van der Waals surface area contributed by atoms with E-state index in [1.165, 1.54) is 154 Å². The summed E-state index contributed by atoms with van der Waals surface area (Å²) in [6, 6.07) is 0. The monoisotopic (exact) mass is 1230 g/mol. The molecule has 15 heteroatoms. The predicted molar refractivity (Wildman–Crippen MR) is 348 cm³/mol. The van der Waals surface area contributed by atoms with Crippen LogP contribution in [0.4, 0.5) is 0 Å². The van der Waals surface area contributed by atoms with Crippen LogP contribution in [0.15, 0.2) is 34.4 Å². The zero-order valence-corrected chi connectivity index (χ0v) is 57.6. The van der Waals surface area contributed by atoms with Gasteiger partial charge in [0.15, 0.2) is 11.9 Å². The molecule has 2 fully saturated rings. The molecule has 2 aliphatic heterocycles. The number of carbonyl (C=O) groups is 3. The van der Waals surface area contributed by atoms with Crippen molar-refractivity contribution >= 4 is 25.9 Å². The third-order valence-corrected chi connectivity index (χ3v) is 19.0. The summed E-state index contributed by atoms with van der Waals surface area (Å²) < 4.78 is 35.5. The molecule has 0 spiro atoms. The molecule has 0 aromatic heterocycles. The average Bonchev–Trinajstić information content (AvgIpc) is 0.952. The molecule has 1 N–H and O–H groups in total. The highest BCUT2D eigenvalue weighted by atomic mass is 31.2. The van der Waals surface area contributed by atoms with Crippen molar-refractivity contribution in [2.24, 2.45) is 0 Å². The maximum Gasteiger partial charge on any atom is 0.377 e. The Kier molecular flexibility index (Phi) is 41.1. The lowest BCUT2D eigenvalue weighted by Gasteiger charge is -2.50. The number of likely N-dealkylation sites (N-methyl/N-ethyl adjacent to an activating group) is 1. The molecular formula is C71H129NO13P+. The molecular weight excluding hydrogens is 1110 g/mol. The quantitative estimate of drug-likeness (QED) is 0.00892. The highest BCUT2D eigenvalue weighted by molar-refractivity contribution is 7.52. The van der Waals surface area contributed by atoms with Crippen molar-refractivity contribution < 1.29 is 66.4 Å². The number of Topliss-reactive ketones (excluding diaryl/α,β-unsaturated/α-hetero) is 1. The number of hydrogen-bond acceptors (Lipinski definition) is 13. The van der Waals surface area contributed by atoms with Gasteiger partial charge in [0.2, 0.25) is 5.79 Å². The van der Waals surface area contributed by atoms with E-state index in [-0.39, 0.29) is 44.0 Å². The molecule has 0 aromatic carbocycles. The summed E-state index contributed by atoms with van der Waals surface area (Å²) in [5, 5.41) is 0. The maximum absolute atomic E-state index is 13.6. The van der Waals surface area contributed by atoms with Crippen molar-refractivity contribution in [2.75, 3.05) is 47.5 Å². The molecule has 500 valence electrons. The summed E-state index contributed by atoms with van der Waals surface area (Å²) in [6.45, 7) is 14.4. The van der Waals surface area contributed by atoms with Gasteiger partial charge in [-0.2, -0.15) is 18.8 Å². The van der Waals surface area contributed by atoms with Crippen LogP contribution in [-0.2, 0) is 52.2 Å². The number of unbranched alkanes of at least 4 members (excludes halogenated alkanes) is 31. The number of ether oxygens (including phenoxy) is 4. The van der Waals surface area contributed by atoms with Gasteiger partial charge in [0, 0.05) is 29.6 Å². The van der Waals surface area contributed by atoms with Gasteiger partial charge in [0.1, 0.15) is 38.6 Å². The van der Waals surface area contributed by atoms with Crippen molar-refractivity contribution in [1.82, 2.24) is 0 Å². The van der Waals surface area contributed by atoms with Crippen LogP contribution in [0, 0.1) is 0 Å². The number of carbonyl (C=O) groups excluding carboxylic acids is 3. The molecule has 0 saturated carbocycles. The van der Waals surface area contributed by atoms with E-state index in [0.29, 0.717) is 47.9 Å². The van der Waals surface area contributed by atoms with Gasteiger partial charge in [-0.25, -0.2) is 4.89 Å². The molecule has 0 amide bonds. The Morgan fingerprint density at radius 3 is 1.69 bits per heavy atom. The van der Waals surface area contributed by atoms with E-state index in [0.717, 1.165) is 88.2 Å². The first-order valence-corrected chi connectivity index (χ1v) is 36.9. The van der Waals surface area contributed by atoms with Crippen molar-refractivity contribution in [3.63, 3.8) is 0 Å². The Hall–Kier alpha value is -2.10. The largest absolute Gasteiger partial charge is 0.606 e. The molecule has 0 radical (unpaired) electrons. The third kappa shape index (κ3) is 34.4. The molecule has 3 rings (SSSR count). The van der Waals surface area contributed by atoms with Crippen molar-refractivity contribution in [2.45, 2.75) is 354 Å². The second-order valence-electron chi connectivity index (χ2n) is 27.1. The Morgan fingerprint density at radius 2 is 1.15 bits per heavy atom. The first-order chi connectivity index (χ1) is 41.3. The normalized spacial score (nSPS) is 21.3. The lowest BCUT2D eigenvalue weighted by atomic mass is 9.75. The zero-order chi connectivity index (χ0) is 62.9. The van der Waals surface area contributed by atoms with Gasteiger partial charge in [0.25, 0.3) is 0 Å². The SMILES string of the molecule is CCCCCCCCCCCCCCCCC1(C)CCC2=C(C)C(=O)C(C)=C(C)C2(OOC(/C=C/C2OC2CCCCC)CCCCCCCC(=O)O[C@H](COC(=O)CCCCCCCCCCCCCCC)CO[P+]([O-])(O)OCC[N+](C)(C)C)O1. The number of nitrogens with zero attached hydrogens (tertiary/aromatic N) is 1.